The number of aliphatic hydroxyl groups excluding tert-OH is 1. The molecule has 0 aliphatic heterocycles. The number of H-pyrrole nitrogens is 1. The van der Waals surface area contributed by atoms with Gasteiger partial charge in [0.2, 0.25) is 0 Å². The van der Waals surface area contributed by atoms with Gasteiger partial charge in [-0.05, 0) is 49.8 Å². The quantitative estimate of drug-likeness (QED) is 0.652. The van der Waals surface area contributed by atoms with Gasteiger partial charge >= 0.3 is 5.69 Å². The van der Waals surface area contributed by atoms with Crippen molar-refractivity contribution < 1.29 is 14.2 Å². The third-order valence-electron chi connectivity index (χ3n) is 6.75. The van der Waals surface area contributed by atoms with Crippen LogP contribution in [0.15, 0.2) is 21.5 Å². The topological polar surface area (TPSA) is 110 Å². The van der Waals surface area contributed by atoms with Crippen molar-refractivity contribution in [2.45, 2.75) is 62.1 Å². The zero-order valence-corrected chi connectivity index (χ0v) is 18.1. The summed E-state index contributed by atoms with van der Waals surface area (Å²) in [6.07, 6.45) is 4.93. The van der Waals surface area contributed by atoms with E-state index in [0.717, 1.165) is 47.4 Å². The van der Waals surface area contributed by atoms with Crippen molar-refractivity contribution in [3.8, 4) is 0 Å². The highest BCUT2D eigenvalue weighted by Crippen LogP contribution is 2.50. The molecule has 4 unspecified atom stereocenters. The highest BCUT2D eigenvalue weighted by molar-refractivity contribution is 7.12. The van der Waals surface area contributed by atoms with Crippen LogP contribution in [-0.2, 0) is 11.2 Å². The van der Waals surface area contributed by atoms with Crippen LogP contribution in [0.3, 0.4) is 0 Å². The molecule has 0 radical (unpaired) electrons. The molecule has 0 aromatic carbocycles. The number of methoxy groups -OCH3 is 1. The van der Waals surface area contributed by atoms with Crippen molar-refractivity contribution in [2.75, 3.05) is 13.7 Å². The number of aromatic nitrogens is 2. The average molecular weight is 448 g/mol. The lowest BCUT2D eigenvalue weighted by Crippen LogP contribution is -2.38. The molecule has 3 aliphatic rings. The van der Waals surface area contributed by atoms with Gasteiger partial charge in [-0.25, -0.2) is 9.18 Å². The van der Waals surface area contributed by atoms with Gasteiger partial charge in [0.05, 0.1) is 23.8 Å². The zero-order chi connectivity index (χ0) is 21.9. The Hall–Kier alpha value is -2.07. The van der Waals surface area contributed by atoms with Crippen LogP contribution in [-0.4, -0.2) is 34.4 Å². The minimum absolute atomic E-state index is 0.00874. The SMILES string of the molecule is COC1c2c(c(=O)[nH]c(=O)n2C2CC2)C=C(F)C1c1cc2c(s1)CCCC2C(N)CO. The Morgan fingerprint density at radius 2 is 2.16 bits per heavy atom. The Bertz CT molecular complexity index is 1160. The highest BCUT2D eigenvalue weighted by atomic mass is 32.1. The van der Waals surface area contributed by atoms with Crippen molar-refractivity contribution >= 4 is 17.4 Å². The van der Waals surface area contributed by atoms with E-state index < -0.39 is 29.1 Å². The monoisotopic (exact) mass is 447 g/mol. The van der Waals surface area contributed by atoms with E-state index in [0.29, 0.717) is 5.69 Å². The maximum atomic E-state index is 15.4. The molecule has 0 spiro atoms. The van der Waals surface area contributed by atoms with Crippen molar-refractivity contribution in [2.24, 2.45) is 5.73 Å². The number of hydrogen-bond acceptors (Lipinski definition) is 6. The maximum Gasteiger partial charge on any atom is 0.328 e. The van der Waals surface area contributed by atoms with Gasteiger partial charge in [-0.1, -0.05) is 0 Å². The summed E-state index contributed by atoms with van der Waals surface area (Å²) in [7, 11) is 1.49. The summed E-state index contributed by atoms with van der Waals surface area (Å²) < 4.78 is 22.8. The fraction of sp³-hybridized carbons (Fsp3) is 0.545. The largest absolute Gasteiger partial charge is 0.395 e. The van der Waals surface area contributed by atoms with Crippen LogP contribution < -0.4 is 17.0 Å². The maximum absolute atomic E-state index is 15.4. The van der Waals surface area contributed by atoms with Gasteiger partial charge in [-0.2, -0.15) is 0 Å². The van der Waals surface area contributed by atoms with E-state index in [1.807, 2.05) is 6.07 Å². The number of thiophene rings is 1. The number of rotatable bonds is 5. The van der Waals surface area contributed by atoms with Gasteiger partial charge < -0.3 is 15.6 Å². The first-order valence-corrected chi connectivity index (χ1v) is 11.5. The molecule has 4 atom stereocenters. The number of fused-ring (bicyclic) bond motifs is 2. The standard InChI is InChI=1S/C22H26FN3O4S/c1-30-20-18(17-8-12-11(15(24)9-27)3-2-4-16(12)31-17)14(23)7-13-19(20)26(10-5-6-10)22(29)25-21(13)28/h7-8,10-11,15,18,20,27H,2-6,9,24H2,1H3,(H,25,28,29). The minimum Gasteiger partial charge on any atom is -0.395 e. The lowest BCUT2D eigenvalue weighted by molar-refractivity contribution is 0.0733. The summed E-state index contributed by atoms with van der Waals surface area (Å²) >= 11 is 1.54. The van der Waals surface area contributed by atoms with E-state index in [4.69, 9.17) is 10.5 Å². The molecule has 0 amide bonds. The first-order chi connectivity index (χ1) is 14.9. The molecule has 0 saturated heterocycles. The summed E-state index contributed by atoms with van der Waals surface area (Å²) in [6, 6.07) is 1.64. The zero-order valence-electron chi connectivity index (χ0n) is 17.3. The molecule has 9 heteroatoms. The van der Waals surface area contributed by atoms with Gasteiger partial charge in [-0.3, -0.25) is 14.3 Å². The molecule has 2 aromatic heterocycles. The molecule has 5 rings (SSSR count). The van der Waals surface area contributed by atoms with Crippen molar-refractivity contribution in [3.05, 3.63) is 59.3 Å². The Morgan fingerprint density at radius 1 is 1.39 bits per heavy atom. The van der Waals surface area contributed by atoms with Crippen LogP contribution in [0.1, 0.15) is 76.2 Å². The first kappa shape index (κ1) is 20.8. The van der Waals surface area contributed by atoms with Crippen LogP contribution in [0.5, 0.6) is 0 Å². The number of aliphatic hydroxyl groups is 1. The van der Waals surface area contributed by atoms with Crippen molar-refractivity contribution in [1.82, 2.24) is 9.55 Å². The molecule has 31 heavy (non-hydrogen) atoms. The number of hydrogen-bond donors (Lipinski definition) is 3. The van der Waals surface area contributed by atoms with Gasteiger partial charge in [0.25, 0.3) is 5.56 Å². The van der Waals surface area contributed by atoms with Crippen LogP contribution in [0.25, 0.3) is 6.08 Å². The Labute approximate surface area is 182 Å². The van der Waals surface area contributed by atoms with Gasteiger partial charge in [-0.15, -0.1) is 11.3 Å². The fourth-order valence-electron chi connectivity index (χ4n) is 5.11. The second-order valence-electron chi connectivity index (χ2n) is 8.70. The molecular formula is C22H26FN3O4S. The molecule has 4 N–H and O–H groups in total. The number of ether oxygens (including phenoxy) is 1. The van der Waals surface area contributed by atoms with Crippen LogP contribution in [0, 0.1) is 0 Å². The number of halogens is 1. The average Bonchev–Trinajstić information content (AvgIpc) is 3.49. The summed E-state index contributed by atoms with van der Waals surface area (Å²) in [5, 5.41) is 9.56. The highest BCUT2D eigenvalue weighted by Gasteiger charge is 2.42. The molecule has 166 valence electrons. The van der Waals surface area contributed by atoms with E-state index in [1.165, 1.54) is 24.5 Å². The Kier molecular flexibility index (Phi) is 5.24. The molecule has 2 aromatic rings. The van der Waals surface area contributed by atoms with E-state index in [9.17, 15) is 14.7 Å². The molecule has 3 aliphatic carbocycles. The minimum atomic E-state index is -0.777. The Balaban J connectivity index is 1.64. The van der Waals surface area contributed by atoms with Crippen molar-refractivity contribution in [3.63, 3.8) is 0 Å². The normalized spacial score (nSPS) is 26.2. The number of nitrogens with two attached hydrogens (primary N) is 1. The van der Waals surface area contributed by atoms with Crippen LogP contribution >= 0.6 is 11.3 Å². The predicted octanol–water partition coefficient (Wildman–Crippen LogP) is 2.47. The van der Waals surface area contributed by atoms with Gasteiger partial charge in [0, 0.05) is 34.9 Å². The predicted molar refractivity (Wildman–Crippen MR) is 116 cm³/mol. The summed E-state index contributed by atoms with van der Waals surface area (Å²) in [5.41, 5.74) is 6.79. The molecule has 0 bridgehead atoms. The molecule has 1 fully saturated rings. The molecule has 2 heterocycles. The van der Waals surface area contributed by atoms with E-state index in [-0.39, 0.29) is 30.2 Å². The summed E-state index contributed by atoms with van der Waals surface area (Å²) in [6.45, 7) is -0.0997. The Morgan fingerprint density at radius 3 is 2.84 bits per heavy atom. The lowest BCUT2D eigenvalue weighted by atomic mass is 9.81. The molecule has 1 saturated carbocycles. The molecular weight excluding hydrogens is 421 g/mol. The second kappa shape index (κ2) is 7.81. The van der Waals surface area contributed by atoms with Crippen LogP contribution in [0.2, 0.25) is 0 Å². The summed E-state index contributed by atoms with van der Waals surface area (Å²) in [5.74, 6) is -1.15. The summed E-state index contributed by atoms with van der Waals surface area (Å²) in [4.78, 5) is 29.3. The molecule has 7 nitrogen and oxygen atoms in total. The van der Waals surface area contributed by atoms with E-state index in [2.05, 4.69) is 4.98 Å². The smallest absolute Gasteiger partial charge is 0.328 e. The number of nitrogens with zero attached hydrogens (tertiary/aromatic N) is 1. The van der Waals surface area contributed by atoms with Gasteiger partial charge in [0.1, 0.15) is 11.9 Å². The lowest BCUT2D eigenvalue weighted by Gasteiger charge is -2.31. The number of nitrogens with one attached hydrogen (secondary N) is 1. The second-order valence-corrected chi connectivity index (χ2v) is 9.86. The van der Waals surface area contributed by atoms with E-state index >= 15 is 4.39 Å². The fourth-order valence-corrected chi connectivity index (χ4v) is 6.51. The number of aromatic amines is 1. The van der Waals surface area contributed by atoms with Crippen LogP contribution in [0.4, 0.5) is 4.39 Å². The van der Waals surface area contributed by atoms with Crippen molar-refractivity contribution in [1.29, 1.82) is 0 Å². The third-order valence-corrected chi connectivity index (χ3v) is 8.04. The first-order valence-electron chi connectivity index (χ1n) is 10.7. The number of aryl methyl sites for hydroxylation is 1. The van der Waals surface area contributed by atoms with E-state index in [1.54, 1.807) is 4.57 Å². The van der Waals surface area contributed by atoms with Gasteiger partial charge in [0.15, 0.2) is 0 Å². The third kappa shape index (κ3) is 3.34.